The van der Waals surface area contributed by atoms with Gasteiger partial charge in [-0.15, -0.1) is 0 Å². The lowest BCUT2D eigenvalue weighted by molar-refractivity contribution is 0.0419. The van der Waals surface area contributed by atoms with Crippen molar-refractivity contribution in [3.63, 3.8) is 0 Å². The van der Waals surface area contributed by atoms with Crippen LogP contribution >= 0.6 is 0 Å². The maximum atomic E-state index is 8.83. The molecule has 1 radical (unpaired) electrons. The maximum absolute atomic E-state index is 8.83. The van der Waals surface area contributed by atoms with Crippen LogP contribution in [0.25, 0.3) is 0 Å². The van der Waals surface area contributed by atoms with E-state index in [-0.39, 0.29) is 0 Å². The minimum Gasteiger partial charge on any atom is -0.387 e. The minimum absolute atomic E-state index is 0.545. The van der Waals surface area contributed by atoms with Crippen molar-refractivity contribution in [3.8, 4) is 0 Å². The Morgan fingerprint density at radius 1 is 1.71 bits per heavy atom. The molecule has 2 nitrogen and oxygen atoms in total. The van der Waals surface area contributed by atoms with Gasteiger partial charge in [-0.3, -0.25) is 0 Å². The zero-order chi connectivity index (χ0) is 5.91. The van der Waals surface area contributed by atoms with Crippen LogP contribution < -0.4 is 0 Å². The lowest BCUT2D eigenvalue weighted by atomic mass is 10.1. The van der Waals surface area contributed by atoms with Gasteiger partial charge in [0.2, 0.25) is 0 Å². The lowest BCUT2D eigenvalue weighted by Crippen LogP contribution is -2.22. The van der Waals surface area contributed by atoms with Crippen LogP contribution in [0.4, 0.5) is 0 Å². The molecule has 1 unspecified atom stereocenters. The van der Waals surface area contributed by atoms with Crippen LogP contribution in [0.1, 0.15) is 20.3 Å². The molecule has 0 bridgehead atoms. The Morgan fingerprint density at radius 3 is 2.14 bits per heavy atom. The van der Waals surface area contributed by atoms with Gasteiger partial charge in [0.1, 0.15) is 6.61 Å². The maximum Gasteiger partial charge on any atom is 0.111 e. The van der Waals surface area contributed by atoms with E-state index in [1.807, 2.05) is 0 Å². The zero-order valence-corrected chi connectivity index (χ0v) is 4.68. The molecule has 2 N–H and O–H groups in total. The van der Waals surface area contributed by atoms with Gasteiger partial charge in [-0.05, 0) is 13.3 Å². The number of rotatable bonds is 2. The van der Waals surface area contributed by atoms with E-state index >= 15 is 0 Å². The van der Waals surface area contributed by atoms with E-state index in [9.17, 15) is 0 Å². The zero-order valence-electron chi connectivity index (χ0n) is 4.68. The molecule has 0 saturated carbocycles. The number of hydrogen-bond donors (Lipinski definition) is 2. The predicted molar refractivity (Wildman–Crippen MR) is 27.2 cm³/mol. The monoisotopic (exact) mass is 103 g/mol. The highest BCUT2D eigenvalue weighted by Crippen LogP contribution is 2.08. The van der Waals surface area contributed by atoms with Gasteiger partial charge in [0, 0.05) is 0 Å². The summed E-state index contributed by atoms with van der Waals surface area (Å²) in [7, 11) is 0. The quantitative estimate of drug-likeness (QED) is 0.539. The Hall–Kier alpha value is -0.0800. The Labute approximate surface area is 43.8 Å². The van der Waals surface area contributed by atoms with Crippen LogP contribution in [-0.4, -0.2) is 15.8 Å². The van der Waals surface area contributed by atoms with Gasteiger partial charge in [-0.25, -0.2) is 0 Å². The van der Waals surface area contributed by atoms with Crippen LogP contribution in [0.15, 0.2) is 0 Å². The van der Waals surface area contributed by atoms with Crippen molar-refractivity contribution in [2.45, 2.75) is 25.9 Å². The third-order valence-electron chi connectivity index (χ3n) is 0.994. The summed E-state index contributed by atoms with van der Waals surface area (Å²) in [4.78, 5) is 0. The molecule has 0 aromatic heterocycles. The first-order valence-corrected chi connectivity index (χ1v) is 2.33. The highest BCUT2D eigenvalue weighted by Gasteiger charge is 2.14. The fourth-order valence-corrected chi connectivity index (χ4v) is 0.0913. The first-order chi connectivity index (χ1) is 3.12. The minimum atomic E-state index is -0.986. The summed E-state index contributed by atoms with van der Waals surface area (Å²) in [6.45, 7) is 4.15. The van der Waals surface area contributed by atoms with Crippen LogP contribution in [0.2, 0.25) is 0 Å². The highest BCUT2D eigenvalue weighted by molar-refractivity contribution is 4.77. The Balaban J connectivity index is 3.36. The molecule has 0 rings (SSSR count). The molecule has 0 aliphatic rings. The molecule has 2 heteroatoms. The summed E-state index contributed by atoms with van der Waals surface area (Å²) in [5, 5.41) is 17.0. The van der Waals surface area contributed by atoms with Crippen LogP contribution in [0.5, 0.6) is 0 Å². The summed E-state index contributed by atoms with van der Waals surface area (Å²) >= 11 is 0. The average Bonchev–Trinajstić information content (AvgIpc) is 1.68. The highest BCUT2D eigenvalue weighted by atomic mass is 16.3. The molecular formula is C5H11O2. The van der Waals surface area contributed by atoms with Crippen molar-refractivity contribution >= 4 is 0 Å². The van der Waals surface area contributed by atoms with Gasteiger partial charge in [-0.1, -0.05) is 6.92 Å². The number of hydrogen-bond acceptors (Lipinski definition) is 2. The van der Waals surface area contributed by atoms with Crippen molar-refractivity contribution in [3.05, 3.63) is 6.61 Å². The lowest BCUT2D eigenvalue weighted by Gasteiger charge is -2.15. The molecule has 0 aromatic rings. The van der Waals surface area contributed by atoms with Gasteiger partial charge in [0.25, 0.3) is 0 Å². The van der Waals surface area contributed by atoms with Gasteiger partial charge in [0.15, 0.2) is 0 Å². The number of aliphatic hydroxyl groups is 2. The van der Waals surface area contributed by atoms with Gasteiger partial charge in [-0.2, -0.15) is 0 Å². The number of aliphatic hydroxyl groups excluding tert-OH is 1. The van der Waals surface area contributed by atoms with Gasteiger partial charge < -0.3 is 10.2 Å². The molecule has 0 aromatic carbocycles. The molecule has 0 spiro atoms. The summed E-state index contributed by atoms with van der Waals surface area (Å²) in [6.07, 6.45) is 0.545. The Kier molecular flexibility index (Phi) is 2.26. The molecule has 0 aliphatic heterocycles. The summed E-state index contributed by atoms with van der Waals surface area (Å²) < 4.78 is 0. The van der Waals surface area contributed by atoms with E-state index in [2.05, 4.69) is 0 Å². The predicted octanol–water partition coefficient (Wildman–Crippen LogP) is 0.682. The molecule has 0 fully saturated rings. The van der Waals surface area contributed by atoms with Crippen molar-refractivity contribution in [2.75, 3.05) is 0 Å². The van der Waals surface area contributed by atoms with Crippen LogP contribution in [0, 0.1) is 6.61 Å². The first-order valence-electron chi connectivity index (χ1n) is 2.33. The Morgan fingerprint density at radius 2 is 2.14 bits per heavy atom. The van der Waals surface area contributed by atoms with Crippen LogP contribution in [0.3, 0.4) is 0 Å². The summed E-state index contributed by atoms with van der Waals surface area (Å²) in [5.74, 6) is 0. The summed E-state index contributed by atoms with van der Waals surface area (Å²) in [5.41, 5.74) is -0.986. The van der Waals surface area contributed by atoms with Crippen molar-refractivity contribution in [2.24, 2.45) is 0 Å². The van der Waals surface area contributed by atoms with E-state index < -0.39 is 5.60 Å². The van der Waals surface area contributed by atoms with E-state index in [1.54, 1.807) is 13.8 Å². The molecule has 0 aliphatic carbocycles. The van der Waals surface area contributed by atoms with E-state index in [1.165, 1.54) is 0 Å². The molecule has 0 saturated heterocycles. The second-order valence-electron chi connectivity index (χ2n) is 1.84. The second-order valence-corrected chi connectivity index (χ2v) is 1.84. The van der Waals surface area contributed by atoms with E-state index in [4.69, 9.17) is 10.2 Å². The van der Waals surface area contributed by atoms with E-state index in [0.717, 1.165) is 6.61 Å². The van der Waals surface area contributed by atoms with Crippen molar-refractivity contribution in [1.29, 1.82) is 0 Å². The van der Waals surface area contributed by atoms with Gasteiger partial charge >= 0.3 is 0 Å². The third kappa shape index (κ3) is 2.60. The molecule has 43 valence electrons. The average molecular weight is 103 g/mol. The molecular weight excluding hydrogens is 92.1 g/mol. The fraction of sp³-hybridized carbons (Fsp3) is 0.800. The topological polar surface area (TPSA) is 40.5 Å². The second kappa shape index (κ2) is 2.28. The molecule has 1 atom stereocenters. The van der Waals surface area contributed by atoms with Crippen molar-refractivity contribution in [1.82, 2.24) is 0 Å². The normalized spacial score (nSPS) is 18.9. The fourth-order valence-electron chi connectivity index (χ4n) is 0.0913. The molecule has 0 heterocycles. The van der Waals surface area contributed by atoms with E-state index in [0.29, 0.717) is 6.42 Å². The third-order valence-corrected chi connectivity index (χ3v) is 0.994. The first kappa shape index (κ1) is 6.92. The summed E-state index contributed by atoms with van der Waals surface area (Å²) in [6, 6.07) is 0. The Bertz CT molecular complexity index is 44.0. The van der Waals surface area contributed by atoms with Crippen LogP contribution in [-0.2, 0) is 0 Å². The standard InChI is InChI=1S/C5H11O2/c1-3-5(2,7)4-6/h4,6-7H,3H2,1-2H3. The molecule has 7 heavy (non-hydrogen) atoms. The largest absolute Gasteiger partial charge is 0.387 e. The molecule has 0 amide bonds. The van der Waals surface area contributed by atoms with Gasteiger partial charge in [0.05, 0.1) is 5.60 Å². The van der Waals surface area contributed by atoms with Crippen molar-refractivity contribution < 1.29 is 10.2 Å². The SMILES string of the molecule is CCC(C)(O)[CH]O. The smallest absolute Gasteiger partial charge is 0.111 e.